The van der Waals surface area contributed by atoms with Gasteiger partial charge in [0.2, 0.25) is 0 Å². The highest BCUT2D eigenvalue weighted by molar-refractivity contribution is 5.74. The summed E-state index contributed by atoms with van der Waals surface area (Å²) in [6.45, 7) is 3.11. The predicted octanol–water partition coefficient (Wildman–Crippen LogP) is 0.762. The summed E-state index contributed by atoms with van der Waals surface area (Å²) < 4.78 is 0. The number of hydrogen-bond acceptors (Lipinski definition) is 4. The first kappa shape index (κ1) is 14.3. The third-order valence-electron chi connectivity index (χ3n) is 3.52. The Morgan fingerprint density at radius 2 is 2.45 bits per heavy atom. The number of carboxylic acid groups (broad SMARTS) is 1. The Labute approximate surface area is 116 Å². The number of carboxylic acids is 1. The van der Waals surface area contributed by atoms with Crippen LogP contribution in [0.3, 0.4) is 0 Å². The molecule has 110 valence electrons. The van der Waals surface area contributed by atoms with Crippen molar-refractivity contribution in [2.45, 2.75) is 32.2 Å². The number of nitrogens with one attached hydrogen (secondary N) is 2. The fourth-order valence-electron chi connectivity index (χ4n) is 2.35. The fraction of sp³-hybridized carbons (Fsp3) is 0.667. The van der Waals surface area contributed by atoms with Gasteiger partial charge in [-0.2, -0.15) is 5.10 Å². The number of H-pyrrole nitrogens is 1. The van der Waals surface area contributed by atoms with E-state index < -0.39 is 5.97 Å². The van der Waals surface area contributed by atoms with Gasteiger partial charge in [-0.1, -0.05) is 0 Å². The van der Waals surface area contributed by atoms with E-state index in [0.29, 0.717) is 25.3 Å². The molecule has 2 heterocycles. The molecule has 3 N–H and O–H groups in total. The van der Waals surface area contributed by atoms with Crippen LogP contribution in [0.5, 0.6) is 0 Å². The number of urea groups is 1. The first-order valence-corrected chi connectivity index (χ1v) is 6.68. The molecule has 1 aromatic heterocycles. The lowest BCUT2D eigenvalue weighted by atomic mass is 10.0. The highest BCUT2D eigenvalue weighted by Gasteiger charge is 2.27. The van der Waals surface area contributed by atoms with E-state index in [-0.39, 0.29) is 24.4 Å². The maximum atomic E-state index is 12.1. The van der Waals surface area contributed by atoms with Crippen LogP contribution >= 0.6 is 0 Å². The summed E-state index contributed by atoms with van der Waals surface area (Å²) in [6, 6.07) is -0.380. The summed E-state index contributed by atoms with van der Waals surface area (Å²) in [4.78, 5) is 28.3. The van der Waals surface area contributed by atoms with Crippen molar-refractivity contribution in [3.63, 3.8) is 0 Å². The van der Waals surface area contributed by atoms with Gasteiger partial charge < -0.3 is 15.3 Å². The lowest BCUT2D eigenvalue weighted by molar-refractivity contribution is -0.137. The van der Waals surface area contributed by atoms with E-state index in [4.69, 9.17) is 5.11 Å². The van der Waals surface area contributed by atoms with Crippen molar-refractivity contribution in [2.24, 2.45) is 5.92 Å². The molecule has 0 bridgehead atoms. The molecule has 1 aliphatic heterocycles. The summed E-state index contributed by atoms with van der Waals surface area (Å²) in [7, 11) is 0. The van der Waals surface area contributed by atoms with Crippen molar-refractivity contribution >= 4 is 12.0 Å². The molecule has 1 saturated heterocycles. The van der Waals surface area contributed by atoms with E-state index in [9.17, 15) is 9.59 Å². The topological polar surface area (TPSA) is 111 Å². The zero-order chi connectivity index (χ0) is 14.5. The van der Waals surface area contributed by atoms with Crippen LogP contribution in [0.25, 0.3) is 0 Å². The second-order valence-electron chi connectivity index (χ2n) is 5.08. The van der Waals surface area contributed by atoms with Crippen molar-refractivity contribution in [1.29, 1.82) is 0 Å². The molecule has 0 aromatic carbocycles. The molecule has 2 atom stereocenters. The Hall–Kier alpha value is -2.12. The Kier molecular flexibility index (Phi) is 4.54. The van der Waals surface area contributed by atoms with E-state index in [0.717, 1.165) is 6.42 Å². The van der Waals surface area contributed by atoms with Crippen LogP contribution in [0.4, 0.5) is 4.79 Å². The minimum Gasteiger partial charge on any atom is -0.481 e. The Morgan fingerprint density at radius 1 is 1.65 bits per heavy atom. The van der Waals surface area contributed by atoms with E-state index >= 15 is 0 Å². The van der Waals surface area contributed by atoms with Crippen LogP contribution in [0.2, 0.25) is 0 Å². The molecule has 0 spiro atoms. The first-order valence-electron chi connectivity index (χ1n) is 6.68. The second-order valence-corrected chi connectivity index (χ2v) is 5.08. The molecule has 8 nitrogen and oxygen atoms in total. The summed E-state index contributed by atoms with van der Waals surface area (Å²) in [5.41, 5.74) is 0. The zero-order valence-corrected chi connectivity index (χ0v) is 11.4. The number of carbonyl (C=O) groups is 2. The van der Waals surface area contributed by atoms with Gasteiger partial charge in [-0.25, -0.2) is 9.78 Å². The van der Waals surface area contributed by atoms with Crippen LogP contribution in [-0.2, 0) is 4.79 Å². The van der Waals surface area contributed by atoms with Gasteiger partial charge in [-0.15, -0.1) is 0 Å². The summed E-state index contributed by atoms with van der Waals surface area (Å²) in [5, 5.41) is 18.0. The summed E-state index contributed by atoms with van der Waals surface area (Å²) in [6.07, 6.45) is 3.04. The molecule has 0 radical (unpaired) electrons. The predicted molar refractivity (Wildman–Crippen MR) is 69.9 cm³/mol. The maximum Gasteiger partial charge on any atom is 0.317 e. The standard InChI is InChI=1S/C12H19N5O3/c1-8(11-13-7-14-16-11)15-12(20)17-5-4-9(6-17)2-3-10(18)19/h7-9H,2-6H2,1H3,(H,15,20)(H,18,19)(H,13,14,16). The van der Waals surface area contributed by atoms with Crippen molar-refractivity contribution in [2.75, 3.05) is 13.1 Å². The largest absolute Gasteiger partial charge is 0.481 e. The molecule has 8 heteroatoms. The van der Waals surface area contributed by atoms with Gasteiger partial charge in [-0.3, -0.25) is 9.89 Å². The molecule has 2 unspecified atom stereocenters. The number of aromatic nitrogens is 3. The van der Waals surface area contributed by atoms with E-state index in [1.807, 2.05) is 6.92 Å². The molecule has 1 aliphatic rings. The second kappa shape index (κ2) is 6.36. The van der Waals surface area contributed by atoms with E-state index in [2.05, 4.69) is 20.5 Å². The minimum absolute atomic E-state index is 0.147. The molecule has 1 aromatic rings. The number of hydrogen-bond donors (Lipinski definition) is 3. The summed E-state index contributed by atoms with van der Waals surface area (Å²) >= 11 is 0. The van der Waals surface area contributed by atoms with Crippen LogP contribution in [0.1, 0.15) is 38.1 Å². The van der Waals surface area contributed by atoms with Crippen molar-refractivity contribution in [1.82, 2.24) is 25.4 Å². The van der Waals surface area contributed by atoms with Crippen LogP contribution in [-0.4, -0.2) is 50.3 Å². The lowest BCUT2D eigenvalue weighted by Gasteiger charge is -2.19. The number of amides is 2. The van der Waals surface area contributed by atoms with Gasteiger partial charge >= 0.3 is 12.0 Å². The van der Waals surface area contributed by atoms with Crippen LogP contribution < -0.4 is 5.32 Å². The number of rotatable bonds is 5. The Balaban J connectivity index is 1.78. The quantitative estimate of drug-likeness (QED) is 0.738. The number of carbonyl (C=O) groups excluding carboxylic acids is 1. The maximum absolute atomic E-state index is 12.1. The third-order valence-corrected chi connectivity index (χ3v) is 3.52. The monoisotopic (exact) mass is 281 g/mol. The van der Waals surface area contributed by atoms with Crippen LogP contribution in [0, 0.1) is 5.92 Å². The fourth-order valence-corrected chi connectivity index (χ4v) is 2.35. The van der Waals surface area contributed by atoms with Crippen LogP contribution in [0.15, 0.2) is 6.33 Å². The highest BCUT2D eigenvalue weighted by Crippen LogP contribution is 2.21. The van der Waals surface area contributed by atoms with Crippen molar-refractivity contribution < 1.29 is 14.7 Å². The number of nitrogens with zero attached hydrogens (tertiary/aromatic N) is 3. The normalized spacial score (nSPS) is 19.9. The average Bonchev–Trinajstić information content (AvgIpc) is 3.07. The molecule has 0 aliphatic carbocycles. The van der Waals surface area contributed by atoms with Gasteiger partial charge in [0.25, 0.3) is 0 Å². The number of aliphatic carboxylic acids is 1. The molecular formula is C12H19N5O3. The lowest BCUT2D eigenvalue weighted by Crippen LogP contribution is -2.40. The average molecular weight is 281 g/mol. The molecular weight excluding hydrogens is 262 g/mol. The van der Waals surface area contributed by atoms with Crippen molar-refractivity contribution in [3.8, 4) is 0 Å². The zero-order valence-electron chi connectivity index (χ0n) is 11.4. The minimum atomic E-state index is -0.785. The summed E-state index contributed by atoms with van der Waals surface area (Å²) in [5.74, 6) is 0.101. The molecule has 2 amide bonds. The number of likely N-dealkylation sites (tertiary alicyclic amines) is 1. The molecule has 20 heavy (non-hydrogen) atoms. The molecule has 0 saturated carbocycles. The highest BCUT2D eigenvalue weighted by atomic mass is 16.4. The SMILES string of the molecule is CC(NC(=O)N1CCC(CCC(=O)O)C1)c1ncn[nH]1. The smallest absolute Gasteiger partial charge is 0.317 e. The molecule has 2 rings (SSSR count). The number of aromatic amines is 1. The van der Waals surface area contributed by atoms with Gasteiger partial charge in [0.05, 0.1) is 6.04 Å². The van der Waals surface area contributed by atoms with E-state index in [1.54, 1.807) is 4.90 Å². The van der Waals surface area contributed by atoms with Crippen molar-refractivity contribution in [3.05, 3.63) is 12.2 Å². The van der Waals surface area contributed by atoms with Gasteiger partial charge in [-0.05, 0) is 25.7 Å². The van der Waals surface area contributed by atoms with E-state index in [1.165, 1.54) is 6.33 Å². The van der Waals surface area contributed by atoms with Gasteiger partial charge in [0.15, 0.2) is 0 Å². The van der Waals surface area contributed by atoms with Gasteiger partial charge in [0.1, 0.15) is 12.2 Å². The molecule has 1 fully saturated rings. The third kappa shape index (κ3) is 3.69. The Morgan fingerprint density at radius 3 is 3.10 bits per heavy atom. The Bertz CT molecular complexity index is 462. The first-order chi connectivity index (χ1) is 9.56. The van der Waals surface area contributed by atoms with Gasteiger partial charge in [0, 0.05) is 19.5 Å².